The van der Waals surface area contributed by atoms with Crippen molar-refractivity contribution in [3.05, 3.63) is 340 Å². The molecule has 0 bridgehead atoms. The molecule has 2 aliphatic carbocycles. The Morgan fingerprint density at radius 3 is 0.625 bits per heavy atom. The zero-order chi connectivity index (χ0) is 61.0. The maximum atomic E-state index is 10.7. The monoisotopic (exact) mass is 1450 g/mol. The zero-order valence-electron chi connectivity index (χ0n) is 47.1. The quantitative estimate of drug-likeness (QED) is 0.0362. The van der Waals surface area contributed by atoms with E-state index >= 15 is 0 Å². The van der Waals surface area contributed by atoms with E-state index in [4.69, 9.17) is 20.4 Å². The van der Waals surface area contributed by atoms with Gasteiger partial charge in [0.2, 0.25) is 0 Å². The van der Waals surface area contributed by atoms with Crippen LogP contribution >= 0.6 is 30.9 Å². The summed E-state index contributed by atoms with van der Waals surface area (Å²) >= 11 is 0. The van der Waals surface area contributed by atoms with Crippen LogP contribution in [0.15, 0.2) is 340 Å². The van der Waals surface area contributed by atoms with Crippen molar-refractivity contribution in [3.63, 3.8) is 0 Å². The Labute approximate surface area is 546 Å². The maximum Gasteiger partial charge on any atom is 0.439 e. The number of benzene rings is 8. The predicted octanol–water partition coefficient (Wildman–Crippen LogP) is 11.8. The summed E-state index contributed by atoms with van der Waals surface area (Å²) in [5, 5.41) is 46.7. The van der Waals surface area contributed by atoms with Gasteiger partial charge in [-0.1, -0.05) is 258 Å². The predicted molar refractivity (Wildman–Crippen MR) is 360 cm³/mol. The van der Waals surface area contributed by atoms with Crippen molar-refractivity contribution in [3.8, 4) is 0 Å². The normalized spacial score (nSPS) is 12.0. The van der Waals surface area contributed by atoms with Crippen LogP contribution in [0.5, 0.6) is 0 Å². The second kappa shape index (κ2) is 38.4. The molecule has 0 aliphatic heterocycles. The smallest absolute Gasteiger partial charge is 0.361 e. The fourth-order valence-electron chi connectivity index (χ4n) is 9.00. The van der Waals surface area contributed by atoms with E-state index in [1.807, 2.05) is 0 Å². The fraction of sp³-hybridized carbons (Fsp3) is 0.0556. The van der Waals surface area contributed by atoms with Gasteiger partial charge in [-0.3, -0.25) is 0 Å². The molecule has 2 radical (unpaired) electrons. The molecule has 12 rings (SSSR count). The Balaban J connectivity index is 0.000000198. The Morgan fingerprint density at radius 1 is 0.284 bits per heavy atom. The van der Waals surface area contributed by atoms with Gasteiger partial charge in [0.1, 0.15) is 0 Å². The van der Waals surface area contributed by atoms with Gasteiger partial charge in [-0.2, -0.15) is 26.3 Å². The Hall–Kier alpha value is -6.22. The molecule has 4 N–H and O–H groups in total. The summed E-state index contributed by atoms with van der Waals surface area (Å²) in [5.41, 5.74) is 0. The van der Waals surface area contributed by atoms with Gasteiger partial charge in [0, 0.05) is 60.6 Å². The van der Waals surface area contributed by atoms with Gasteiger partial charge in [-0.05, 0) is 90.9 Å². The van der Waals surface area contributed by atoms with E-state index in [1.165, 1.54) is 63.6 Å². The van der Waals surface area contributed by atoms with E-state index in [1.54, 1.807) is 0 Å². The SMILES string of the molecule is C1=CC(=[PH](c2ccccc2)c2ccccc2)C=C1.C1=CC(=[PH](c2ccccc2)c2ccccc2)C=C1.OC(O)C(F)(F)F.OC(O)C(F)(F)F.[Ag].[Ag].c1ccc([PH+](c2ccccc2)[c-]2cccc2)cc1.c1ccc([PH+](c2ccccc2)[c-]2cccc2)cc1. The largest absolute Gasteiger partial charge is 0.439 e. The van der Waals surface area contributed by atoms with E-state index in [0.29, 0.717) is 0 Å². The van der Waals surface area contributed by atoms with Crippen LogP contribution in [0.3, 0.4) is 0 Å². The number of hydrogen-bond donors (Lipinski definition) is 4. The summed E-state index contributed by atoms with van der Waals surface area (Å²) in [5.74, 6) is 0. The van der Waals surface area contributed by atoms with Gasteiger partial charge in [0.05, 0.1) is 21.2 Å². The molecule has 462 valence electrons. The summed E-state index contributed by atoms with van der Waals surface area (Å²) in [6.45, 7) is 0. The van der Waals surface area contributed by atoms with Gasteiger partial charge in [-0.15, -0.1) is 24.3 Å². The average molecular weight is 1450 g/mol. The Kier molecular flexibility index (Phi) is 31.6. The van der Waals surface area contributed by atoms with Crippen molar-refractivity contribution in [1.82, 2.24) is 0 Å². The first-order valence-corrected chi connectivity index (χ1v) is 33.3. The zero-order valence-corrected chi connectivity index (χ0v) is 54.1. The van der Waals surface area contributed by atoms with E-state index in [9.17, 15) is 26.3 Å². The van der Waals surface area contributed by atoms with Gasteiger partial charge >= 0.3 is 12.4 Å². The molecule has 0 aromatic heterocycles. The number of alkyl halides is 6. The van der Waals surface area contributed by atoms with Crippen LogP contribution in [0.4, 0.5) is 26.3 Å². The standard InChI is InChI=1S/4C17H15P.2C2H3F3O2.2Ag/c4*1-3-9-15(10-4-1)18(17-13-7-8-14-17)16-11-5-2-6-12-16;2*3-2(4,5)1(6)7;;/h4*1-14,18H;2*1,6-7H;;. The molecular weight excluding hydrogens is 1380 g/mol. The van der Waals surface area contributed by atoms with E-state index < -0.39 is 55.9 Å². The topological polar surface area (TPSA) is 80.9 Å². The summed E-state index contributed by atoms with van der Waals surface area (Å²) in [6.07, 6.45) is 1.32. The third-order valence-electron chi connectivity index (χ3n) is 12.9. The average Bonchev–Trinajstić information content (AvgIpc) is 4.18. The Morgan fingerprint density at radius 2 is 0.455 bits per heavy atom. The minimum Gasteiger partial charge on any atom is -0.361 e. The molecule has 10 aromatic rings. The van der Waals surface area contributed by atoms with Crippen LogP contribution in [-0.4, -0.2) is 55.9 Å². The van der Waals surface area contributed by atoms with Crippen molar-refractivity contribution in [2.24, 2.45) is 0 Å². The van der Waals surface area contributed by atoms with Crippen LogP contribution in [0, 0.1) is 0 Å². The third kappa shape index (κ3) is 23.3. The molecular formula is C72H66Ag2F6O4P4. The maximum absolute atomic E-state index is 10.7. The summed E-state index contributed by atoms with van der Waals surface area (Å²) in [6, 6.07) is 104. The molecule has 16 heteroatoms. The molecule has 0 unspecified atom stereocenters. The molecule has 4 nitrogen and oxygen atoms in total. The minimum absolute atomic E-state index is 0. The third-order valence-corrected chi connectivity index (χ3v) is 23.8. The van der Waals surface area contributed by atoms with E-state index in [-0.39, 0.29) is 44.8 Å². The number of rotatable bonds is 10. The molecule has 0 fully saturated rings. The molecule has 0 amide bonds. The summed E-state index contributed by atoms with van der Waals surface area (Å²) < 4.78 is 64.1. The molecule has 0 spiro atoms. The molecule has 0 atom stereocenters. The summed E-state index contributed by atoms with van der Waals surface area (Å²) in [4.78, 5) is 0. The van der Waals surface area contributed by atoms with Crippen LogP contribution < -0.4 is 53.0 Å². The summed E-state index contributed by atoms with van der Waals surface area (Å²) in [7, 11) is -3.34. The van der Waals surface area contributed by atoms with Crippen LogP contribution in [0.1, 0.15) is 0 Å². The van der Waals surface area contributed by atoms with E-state index in [0.717, 1.165) is 0 Å². The molecule has 0 saturated heterocycles. The van der Waals surface area contributed by atoms with Crippen molar-refractivity contribution in [1.29, 1.82) is 0 Å². The number of aliphatic hydroxyl groups excluding tert-OH is 2. The first kappa shape index (κ1) is 72.5. The van der Waals surface area contributed by atoms with E-state index in [2.05, 4.69) is 340 Å². The van der Waals surface area contributed by atoms with Crippen molar-refractivity contribution < 1.29 is 91.5 Å². The number of aliphatic hydroxyl groups is 4. The molecule has 0 saturated carbocycles. The number of allylic oxidation sites excluding steroid dienone is 8. The fourth-order valence-corrected chi connectivity index (χ4v) is 19.3. The van der Waals surface area contributed by atoms with Crippen LogP contribution in [0.25, 0.3) is 0 Å². The second-order valence-electron chi connectivity index (χ2n) is 19.0. The van der Waals surface area contributed by atoms with Gasteiger partial charge in [0.15, 0.2) is 0 Å². The van der Waals surface area contributed by atoms with Crippen molar-refractivity contribution in [2.45, 2.75) is 24.9 Å². The first-order chi connectivity index (χ1) is 41.7. The molecule has 2 aliphatic rings. The van der Waals surface area contributed by atoms with Gasteiger partial charge in [0.25, 0.3) is 12.6 Å². The van der Waals surface area contributed by atoms with Crippen molar-refractivity contribution in [2.75, 3.05) is 0 Å². The number of hydrogen-bond acceptors (Lipinski definition) is 4. The molecule has 0 heterocycles. The van der Waals surface area contributed by atoms with Crippen molar-refractivity contribution >= 4 is 94.6 Å². The van der Waals surface area contributed by atoms with Crippen LogP contribution in [0.2, 0.25) is 0 Å². The van der Waals surface area contributed by atoms with Gasteiger partial charge in [-0.25, -0.2) is 24.3 Å². The first-order valence-electron chi connectivity index (χ1n) is 27.3. The number of halogens is 6. The molecule has 10 aromatic carbocycles. The minimum atomic E-state index is -4.89. The second-order valence-corrected chi connectivity index (χ2v) is 28.9. The Bertz CT molecular complexity index is 3270. The molecule has 88 heavy (non-hydrogen) atoms. The van der Waals surface area contributed by atoms with Gasteiger partial charge < -0.3 is 20.4 Å². The van der Waals surface area contributed by atoms with Crippen LogP contribution in [-0.2, 0) is 44.8 Å².